The van der Waals surface area contributed by atoms with Crippen LogP contribution in [0.25, 0.3) is 0 Å². The van der Waals surface area contributed by atoms with Crippen LogP contribution in [0.2, 0.25) is 0 Å². The molecule has 30 heavy (non-hydrogen) atoms. The summed E-state index contributed by atoms with van der Waals surface area (Å²) >= 11 is 0. The minimum atomic E-state index is -0.658. The molecule has 0 saturated heterocycles. The molecule has 1 aliphatic rings. The Labute approximate surface area is 175 Å². The van der Waals surface area contributed by atoms with Crippen molar-refractivity contribution in [2.75, 3.05) is 13.1 Å². The van der Waals surface area contributed by atoms with Gasteiger partial charge in [0.15, 0.2) is 0 Å². The van der Waals surface area contributed by atoms with Gasteiger partial charge in [0, 0.05) is 38.6 Å². The predicted octanol–water partition coefficient (Wildman–Crippen LogP) is 2.21. The minimum absolute atomic E-state index is 0.148. The third kappa shape index (κ3) is 4.75. The second kappa shape index (κ2) is 9.37. The SMILES string of the molecule is O=C(NCc1ccncc1)C(=O)NC[C@H](c1ccco1)N1CCc2ccccc2C1. The number of amides is 2. The topological polar surface area (TPSA) is 87.5 Å². The predicted molar refractivity (Wildman–Crippen MR) is 111 cm³/mol. The van der Waals surface area contributed by atoms with E-state index in [0.29, 0.717) is 0 Å². The number of nitrogens with zero attached hydrogens (tertiary/aromatic N) is 2. The highest BCUT2D eigenvalue weighted by Crippen LogP contribution is 2.27. The summed E-state index contributed by atoms with van der Waals surface area (Å²) in [5, 5.41) is 5.40. The molecule has 0 fully saturated rings. The normalized spacial score (nSPS) is 14.5. The molecular formula is C23H24N4O3. The van der Waals surface area contributed by atoms with Gasteiger partial charge in [-0.1, -0.05) is 24.3 Å². The molecule has 154 valence electrons. The summed E-state index contributed by atoms with van der Waals surface area (Å²) in [5.74, 6) is -0.543. The summed E-state index contributed by atoms with van der Waals surface area (Å²) < 4.78 is 5.64. The van der Waals surface area contributed by atoms with Crippen LogP contribution in [0.4, 0.5) is 0 Å². The van der Waals surface area contributed by atoms with Crippen LogP contribution in [0.15, 0.2) is 71.6 Å². The maximum Gasteiger partial charge on any atom is 0.309 e. The molecule has 2 N–H and O–H groups in total. The number of furan rings is 1. The summed E-state index contributed by atoms with van der Waals surface area (Å²) in [6, 6.07) is 15.6. The van der Waals surface area contributed by atoms with Gasteiger partial charge in [0.1, 0.15) is 5.76 Å². The highest BCUT2D eigenvalue weighted by Gasteiger charge is 2.27. The molecule has 1 aromatic carbocycles. The Morgan fingerprint density at radius 3 is 2.53 bits per heavy atom. The second-order valence-electron chi connectivity index (χ2n) is 7.27. The Balaban J connectivity index is 1.37. The Hall–Kier alpha value is -3.45. The number of hydrogen-bond acceptors (Lipinski definition) is 5. The van der Waals surface area contributed by atoms with E-state index in [-0.39, 0.29) is 19.1 Å². The van der Waals surface area contributed by atoms with E-state index in [9.17, 15) is 9.59 Å². The van der Waals surface area contributed by atoms with E-state index in [1.54, 1.807) is 30.8 Å². The third-order valence-corrected chi connectivity index (χ3v) is 5.34. The van der Waals surface area contributed by atoms with Crippen molar-refractivity contribution in [2.24, 2.45) is 0 Å². The molecule has 7 nitrogen and oxygen atoms in total. The first-order valence-electron chi connectivity index (χ1n) is 10.00. The number of fused-ring (bicyclic) bond motifs is 1. The van der Waals surface area contributed by atoms with Crippen molar-refractivity contribution in [3.63, 3.8) is 0 Å². The molecule has 7 heteroatoms. The molecule has 1 aliphatic heterocycles. The van der Waals surface area contributed by atoms with E-state index in [2.05, 4.69) is 38.7 Å². The zero-order chi connectivity index (χ0) is 20.8. The van der Waals surface area contributed by atoms with Crippen molar-refractivity contribution in [3.8, 4) is 0 Å². The number of carbonyl (C=O) groups is 2. The van der Waals surface area contributed by atoms with Gasteiger partial charge in [-0.25, -0.2) is 0 Å². The molecular weight excluding hydrogens is 380 g/mol. The van der Waals surface area contributed by atoms with Crippen molar-refractivity contribution in [1.82, 2.24) is 20.5 Å². The van der Waals surface area contributed by atoms with Crippen LogP contribution in [0, 0.1) is 0 Å². The summed E-state index contributed by atoms with van der Waals surface area (Å²) in [5.41, 5.74) is 3.51. The first-order valence-corrected chi connectivity index (χ1v) is 10.00. The third-order valence-electron chi connectivity index (χ3n) is 5.34. The van der Waals surface area contributed by atoms with Crippen LogP contribution in [0.1, 0.15) is 28.5 Å². The zero-order valence-electron chi connectivity index (χ0n) is 16.6. The molecule has 0 bridgehead atoms. The number of carbonyl (C=O) groups excluding carboxylic acids is 2. The molecule has 0 aliphatic carbocycles. The molecule has 0 spiro atoms. The van der Waals surface area contributed by atoms with E-state index < -0.39 is 11.8 Å². The average Bonchev–Trinajstić information content (AvgIpc) is 3.32. The summed E-state index contributed by atoms with van der Waals surface area (Å²) in [6.07, 6.45) is 5.86. The Kier molecular flexibility index (Phi) is 6.20. The fourth-order valence-corrected chi connectivity index (χ4v) is 3.71. The van der Waals surface area contributed by atoms with Crippen molar-refractivity contribution in [2.45, 2.75) is 25.6 Å². The van der Waals surface area contributed by atoms with E-state index >= 15 is 0 Å². The Bertz CT molecular complexity index is 989. The molecule has 3 heterocycles. The Morgan fingerprint density at radius 2 is 1.77 bits per heavy atom. The van der Waals surface area contributed by atoms with Crippen LogP contribution < -0.4 is 10.6 Å². The molecule has 2 amide bonds. The van der Waals surface area contributed by atoms with Crippen LogP contribution >= 0.6 is 0 Å². The molecule has 0 radical (unpaired) electrons. The van der Waals surface area contributed by atoms with Gasteiger partial charge >= 0.3 is 11.8 Å². The van der Waals surface area contributed by atoms with Gasteiger partial charge in [-0.3, -0.25) is 19.5 Å². The van der Waals surface area contributed by atoms with Crippen molar-refractivity contribution in [1.29, 1.82) is 0 Å². The lowest BCUT2D eigenvalue weighted by Gasteiger charge is -2.34. The summed E-state index contributed by atoms with van der Waals surface area (Å²) in [7, 11) is 0. The number of nitrogens with one attached hydrogen (secondary N) is 2. The van der Waals surface area contributed by atoms with E-state index in [0.717, 1.165) is 30.8 Å². The van der Waals surface area contributed by atoms with Gasteiger partial charge in [-0.2, -0.15) is 0 Å². The monoisotopic (exact) mass is 404 g/mol. The molecule has 0 unspecified atom stereocenters. The maximum absolute atomic E-state index is 12.3. The largest absolute Gasteiger partial charge is 0.468 e. The maximum atomic E-state index is 12.3. The lowest BCUT2D eigenvalue weighted by molar-refractivity contribution is -0.139. The highest BCUT2D eigenvalue weighted by molar-refractivity contribution is 6.35. The number of pyridine rings is 1. The fraction of sp³-hybridized carbons (Fsp3) is 0.261. The van der Waals surface area contributed by atoms with E-state index in [1.165, 1.54) is 11.1 Å². The number of benzene rings is 1. The average molecular weight is 404 g/mol. The highest BCUT2D eigenvalue weighted by atomic mass is 16.3. The second-order valence-corrected chi connectivity index (χ2v) is 7.27. The van der Waals surface area contributed by atoms with E-state index in [1.807, 2.05) is 18.2 Å². The minimum Gasteiger partial charge on any atom is -0.468 e. The molecule has 0 saturated carbocycles. The van der Waals surface area contributed by atoms with Crippen LogP contribution in [0.3, 0.4) is 0 Å². The number of hydrogen-bond donors (Lipinski definition) is 2. The van der Waals surface area contributed by atoms with Crippen LogP contribution in [0.5, 0.6) is 0 Å². The first kappa shape index (κ1) is 19.8. The van der Waals surface area contributed by atoms with Crippen molar-refractivity contribution in [3.05, 3.63) is 89.6 Å². The van der Waals surface area contributed by atoms with Gasteiger partial charge < -0.3 is 15.1 Å². The smallest absolute Gasteiger partial charge is 0.309 e. The quantitative estimate of drug-likeness (QED) is 0.615. The molecule has 4 rings (SSSR count). The van der Waals surface area contributed by atoms with Gasteiger partial charge in [-0.15, -0.1) is 0 Å². The Morgan fingerprint density at radius 1 is 1.00 bits per heavy atom. The standard InChI is InChI=1S/C23H24N4O3/c28-22(25-14-17-7-10-24-11-8-17)23(29)26-15-20(21-6-3-13-30-21)27-12-9-18-4-1-2-5-19(18)16-27/h1-8,10-11,13,20H,9,12,14-16H2,(H,25,28)(H,26,29)/t20-/m1/s1. The molecule has 2 aromatic heterocycles. The fourth-order valence-electron chi connectivity index (χ4n) is 3.71. The zero-order valence-corrected chi connectivity index (χ0v) is 16.6. The summed E-state index contributed by atoms with van der Waals surface area (Å²) in [4.78, 5) is 30.7. The summed E-state index contributed by atoms with van der Waals surface area (Å²) in [6.45, 7) is 2.19. The van der Waals surface area contributed by atoms with Gasteiger partial charge in [0.05, 0.1) is 12.3 Å². The van der Waals surface area contributed by atoms with Crippen LogP contribution in [-0.4, -0.2) is 34.8 Å². The number of aromatic nitrogens is 1. The lowest BCUT2D eigenvalue weighted by Crippen LogP contribution is -2.45. The van der Waals surface area contributed by atoms with Crippen molar-refractivity contribution < 1.29 is 14.0 Å². The van der Waals surface area contributed by atoms with Gasteiger partial charge in [0.2, 0.25) is 0 Å². The van der Waals surface area contributed by atoms with Crippen molar-refractivity contribution >= 4 is 11.8 Å². The number of rotatable bonds is 6. The van der Waals surface area contributed by atoms with Gasteiger partial charge in [0.25, 0.3) is 0 Å². The lowest BCUT2D eigenvalue weighted by atomic mass is 9.98. The first-order chi connectivity index (χ1) is 14.7. The molecule has 3 aromatic rings. The van der Waals surface area contributed by atoms with Crippen LogP contribution in [-0.2, 0) is 29.1 Å². The van der Waals surface area contributed by atoms with Gasteiger partial charge in [-0.05, 0) is 47.4 Å². The van der Waals surface area contributed by atoms with E-state index in [4.69, 9.17) is 4.42 Å². The molecule has 1 atom stereocenters.